The van der Waals surface area contributed by atoms with E-state index in [0.29, 0.717) is 36.5 Å². The van der Waals surface area contributed by atoms with Gasteiger partial charge in [0, 0.05) is 23.9 Å². The van der Waals surface area contributed by atoms with E-state index in [1.165, 1.54) is 23.5 Å². The second kappa shape index (κ2) is 9.27. The molecule has 2 N–H and O–H groups in total. The van der Waals surface area contributed by atoms with Gasteiger partial charge in [-0.05, 0) is 44.4 Å². The maximum atomic E-state index is 13.2. The molecule has 5 nitrogen and oxygen atoms in total. The molecule has 0 radical (unpaired) electrons. The molecular formula is C18H22FN3O2S. The van der Waals surface area contributed by atoms with Crippen LogP contribution in [0.5, 0.6) is 0 Å². The van der Waals surface area contributed by atoms with E-state index < -0.39 is 0 Å². The minimum Gasteiger partial charge on any atom is -0.326 e. The number of aryl methyl sites for hydroxylation is 2. The lowest BCUT2D eigenvalue weighted by atomic mass is 10.1. The number of carbonyl (C=O) groups is 2. The van der Waals surface area contributed by atoms with Crippen molar-refractivity contribution in [3.63, 3.8) is 0 Å². The summed E-state index contributed by atoms with van der Waals surface area (Å²) in [7, 11) is 0. The fourth-order valence-electron chi connectivity index (χ4n) is 2.28. The van der Waals surface area contributed by atoms with Gasteiger partial charge in [-0.1, -0.05) is 12.5 Å². The van der Waals surface area contributed by atoms with Crippen LogP contribution in [0.15, 0.2) is 23.6 Å². The average Bonchev–Trinajstić information content (AvgIpc) is 2.95. The van der Waals surface area contributed by atoms with Gasteiger partial charge in [-0.2, -0.15) is 0 Å². The van der Waals surface area contributed by atoms with E-state index in [4.69, 9.17) is 0 Å². The number of hydrogen-bond donors (Lipinski definition) is 2. The van der Waals surface area contributed by atoms with Crippen LogP contribution >= 0.6 is 11.3 Å². The van der Waals surface area contributed by atoms with E-state index in [1.54, 1.807) is 6.07 Å². The van der Waals surface area contributed by atoms with Crippen LogP contribution in [0.4, 0.5) is 15.2 Å². The fourth-order valence-corrected chi connectivity index (χ4v) is 2.99. The van der Waals surface area contributed by atoms with Gasteiger partial charge < -0.3 is 10.6 Å². The maximum absolute atomic E-state index is 13.2. The molecular weight excluding hydrogens is 341 g/mol. The standard InChI is InChI=1S/C18H22FN3O2S/c1-12-8-9-14(19)10-15(12)21-16(23)6-4-3-5-7-17(24)22-18-20-13(2)11-25-18/h8-11H,3-7H2,1-2H3,(H,21,23)(H,20,22,24). The number of benzene rings is 1. The lowest BCUT2D eigenvalue weighted by Crippen LogP contribution is -2.13. The molecule has 0 bridgehead atoms. The molecule has 1 heterocycles. The molecule has 2 rings (SSSR count). The normalized spacial score (nSPS) is 10.5. The SMILES string of the molecule is Cc1csc(NC(=O)CCCCCC(=O)Nc2cc(F)ccc2C)n1. The number of rotatable bonds is 8. The monoisotopic (exact) mass is 363 g/mol. The Labute approximate surface area is 150 Å². The zero-order valence-corrected chi connectivity index (χ0v) is 15.2. The van der Waals surface area contributed by atoms with E-state index in [9.17, 15) is 14.0 Å². The number of carbonyl (C=O) groups excluding carboxylic acids is 2. The molecule has 2 amide bonds. The summed E-state index contributed by atoms with van der Waals surface area (Å²) in [5.74, 6) is -0.576. The molecule has 0 unspecified atom stereocenters. The van der Waals surface area contributed by atoms with Gasteiger partial charge in [-0.3, -0.25) is 9.59 Å². The highest BCUT2D eigenvalue weighted by Gasteiger charge is 2.07. The molecule has 0 aliphatic rings. The number of nitrogens with one attached hydrogen (secondary N) is 2. The summed E-state index contributed by atoms with van der Waals surface area (Å²) in [5.41, 5.74) is 2.21. The summed E-state index contributed by atoms with van der Waals surface area (Å²) < 4.78 is 13.2. The molecule has 0 fully saturated rings. The molecule has 0 aliphatic carbocycles. The summed E-state index contributed by atoms with van der Waals surface area (Å²) in [6.07, 6.45) is 2.93. The Balaban J connectivity index is 1.61. The van der Waals surface area contributed by atoms with Crippen LogP contribution in [-0.2, 0) is 9.59 Å². The molecule has 0 saturated heterocycles. The Kier molecular flexibility index (Phi) is 7.06. The molecule has 0 saturated carbocycles. The molecule has 0 atom stereocenters. The Morgan fingerprint density at radius 2 is 1.76 bits per heavy atom. The molecule has 2 aromatic rings. The molecule has 0 aliphatic heterocycles. The Morgan fingerprint density at radius 3 is 2.40 bits per heavy atom. The Morgan fingerprint density at radius 1 is 1.08 bits per heavy atom. The lowest BCUT2D eigenvalue weighted by Gasteiger charge is -2.08. The van der Waals surface area contributed by atoms with Crippen LogP contribution in [-0.4, -0.2) is 16.8 Å². The Hall–Kier alpha value is -2.28. The summed E-state index contributed by atoms with van der Waals surface area (Å²) in [6, 6.07) is 4.31. The number of aromatic nitrogens is 1. The quantitative estimate of drug-likeness (QED) is 0.682. The molecule has 7 heteroatoms. The number of amides is 2. The van der Waals surface area contributed by atoms with Gasteiger partial charge in [0.1, 0.15) is 5.82 Å². The molecule has 25 heavy (non-hydrogen) atoms. The van der Waals surface area contributed by atoms with Crippen LogP contribution in [0.3, 0.4) is 0 Å². The minimum atomic E-state index is -0.373. The van der Waals surface area contributed by atoms with Crippen molar-refractivity contribution in [2.75, 3.05) is 10.6 Å². The van der Waals surface area contributed by atoms with Crippen molar-refractivity contribution in [3.05, 3.63) is 40.7 Å². The smallest absolute Gasteiger partial charge is 0.226 e. The van der Waals surface area contributed by atoms with Crippen LogP contribution in [0.25, 0.3) is 0 Å². The second-order valence-corrected chi connectivity index (χ2v) is 6.77. The predicted octanol–water partition coefficient (Wildman–Crippen LogP) is 4.43. The highest BCUT2D eigenvalue weighted by Crippen LogP contribution is 2.17. The summed E-state index contributed by atoms with van der Waals surface area (Å²) in [6.45, 7) is 3.69. The van der Waals surface area contributed by atoms with Gasteiger partial charge in [-0.15, -0.1) is 11.3 Å². The number of nitrogens with zero attached hydrogens (tertiary/aromatic N) is 1. The maximum Gasteiger partial charge on any atom is 0.226 e. The van der Waals surface area contributed by atoms with Crippen molar-refractivity contribution in [3.8, 4) is 0 Å². The first kappa shape index (κ1) is 19.1. The highest BCUT2D eigenvalue weighted by molar-refractivity contribution is 7.13. The van der Waals surface area contributed by atoms with Crippen molar-refractivity contribution in [2.45, 2.75) is 46.0 Å². The third-order valence-corrected chi connectivity index (χ3v) is 4.52. The first-order chi connectivity index (χ1) is 11.9. The number of hydrogen-bond acceptors (Lipinski definition) is 4. The van der Waals surface area contributed by atoms with Gasteiger partial charge in [0.2, 0.25) is 11.8 Å². The van der Waals surface area contributed by atoms with E-state index in [0.717, 1.165) is 17.7 Å². The van der Waals surface area contributed by atoms with Crippen molar-refractivity contribution >= 4 is 34.0 Å². The third kappa shape index (κ3) is 6.62. The number of anilines is 2. The summed E-state index contributed by atoms with van der Waals surface area (Å²) in [4.78, 5) is 27.8. The van der Waals surface area contributed by atoms with Crippen LogP contribution in [0.1, 0.15) is 43.4 Å². The molecule has 0 spiro atoms. The van der Waals surface area contributed by atoms with Crippen molar-refractivity contribution < 1.29 is 14.0 Å². The summed E-state index contributed by atoms with van der Waals surface area (Å²) >= 11 is 1.41. The van der Waals surface area contributed by atoms with Crippen molar-refractivity contribution in [1.82, 2.24) is 4.98 Å². The number of thiazole rings is 1. The van der Waals surface area contributed by atoms with E-state index in [-0.39, 0.29) is 17.6 Å². The molecule has 1 aromatic heterocycles. The van der Waals surface area contributed by atoms with Gasteiger partial charge in [0.15, 0.2) is 5.13 Å². The van der Waals surface area contributed by atoms with E-state index >= 15 is 0 Å². The molecule has 134 valence electrons. The number of unbranched alkanes of at least 4 members (excludes halogenated alkanes) is 2. The van der Waals surface area contributed by atoms with Gasteiger partial charge in [0.05, 0.1) is 5.69 Å². The van der Waals surface area contributed by atoms with Crippen LogP contribution < -0.4 is 10.6 Å². The van der Waals surface area contributed by atoms with Crippen LogP contribution in [0.2, 0.25) is 0 Å². The van der Waals surface area contributed by atoms with Gasteiger partial charge in [0.25, 0.3) is 0 Å². The van der Waals surface area contributed by atoms with E-state index in [1.807, 2.05) is 19.2 Å². The number of halogens is 1. The first-order valence-electron chi connectivity index (χ1n) is 8.22. The average molecular weight is 363 g/mol. The highest BCUT2D eigenvalue weighted by atomic mass is 32.1. The largest absolute Gasteiger partial charge is 0.326 e. The van der Waals surface area contributed by atoms with Crippen molar-refractivity contribution in [2.24, 2.45) is 0 Å². The lowest BCUT2D eigenvalue weighted by molar-refractivity contribution is -0.116. The zero-order chi connectivity index (χ0) is 18.2. The van der Waals surface area contributed by atoms with Crippen molar-refractivity contribution in [1.29, 1.82) is 0 Å². The van der Waals surface area contributed by atoms with Gasteiger partial charge >= 0.3 is 0 Å². The fraction of sp³-hybridized carbons (Fsp3) is 0.389. The zero-order valence-electron chi connectivity index (χ0n) is 14.4. The molecule has 1 aromatic carbocycles. The topological polar surface area (TPSA) is 71.1 Å². The van der Waals surface area contributed by atoms with E-state index in [2.05, 4.69) is 15.6 Å². The van der Waals surface area contributed by atoms with Crippen LogP contribution in [0, 0.1) is 19.7 Å². The third-order valence-electron chi connectivity index (χ3n) is 3.65. The van der Waals surface area contributed by atoms with Gasteiger partial charge in [-0.25, -0.2) is 9.37 Å². The first-order valence-corrected chi connectivity index (χ1v) is 9.10. The Bertz CT molecular complexity index is 746. The second-order valence-electron chi connectivity index (χ2n) is 5.91. The predicted molar refractivity (Wildman–Crippen MR) is 98.3 cm³/mol. The summed E-state index contributed by atoms with van der Waals surface area (Å²) in [5, 5.41) is 7.98. The minimum absolute atomic E-state index is 0.0609.